The Balaban J connectivity index is 2.50. The van der Waals surface area contributed by atoms with E-state index < -0.39 is 29.0 Å². The number of pyridine rings is 1. The van der Waals surface area contributed by atoms with Crippen LogP contribution in [0, 0.1) is 23.3 Å². The van der Waals surface area contributed by atoms with Crippen LogP contribution in [0.4, 0.5) is 34.8 Å². The zero-order chi connectivity index (χ0) is 13.3. The highest BCUT2D eigenvalue weighted by atomic mass is 19.2. The number of aromatic nitrogens is 1. The lowest BCUT2D eigenvalue weighted by molar-refractivity contribution is 0.459. The molecular formula is C11H7F4N3. The summed E-state index contributed by atoms with van der Waals surface area (Å²) in [6.45, 7) is 0. The first-order valence-corrected chi connectivity index (χ1v) is 4.81. The summed E-state index contributed by atoms with van der Waals surface area (Å²) in [6, 6.07) is 2.94. The third-order valence-corrected chi connectivity index (χ3v) is 2.21. The number of hydrogen-bond donors (Lipinski definition) is 2. The van der Waals surface area contributed by atoms with E-state index in [4.69, 9.17) is 5.73 Å². The molecule has 3 N–H and O–H groups in total. The van der Waals surface area contributed by atoms with Gasteiger partial charge in [0.15, 0.2) is 23.3 Å². The van der Waals surface area contributed by atoms with Gasteiger partial charge in [-0.3, -0.25) is 0 Å². The average molecular weight is 257 g/mol. The lowest BCUT2D eigenvalue weighted by Crippen LogP contribution is -2.05. The molecule has 0 aliphatic carbocycles. The lowest BCUT2D eigenvalue weighted by atomic mass is 10.2. The van der Waals surface area contributed by atoms with Gasteiger partial charge in [-0.15, -0.1) is 0 Å². The van der Waals surface area contributed by atoms with Gasteiger partial charge in [0, 0.05) is 12.3 Å². The van der Waals surface area contributed by atoms with Crippen LogP contribution in [0.15, 0.2) is 24.4 Å². The van der Waals surface area contributed by atoms with E-state index in [2.05, 4.69) is 10.3 Å². The van der Waals surface area contributed by atoms with E-state index in [9.17, 15) is 17.6 Å². The molecule has 1 heterocycles. The van der Waals surface area contributed by atoms with Crippen LogP contribution in [0.3, 0.4) is 0 Å². The summed E-state index contributed by atoms with van der Waals surface area (Å²) in [7, 11) is 0. The SMILES string of the molecule is Nc1ncccc1Nc1c(F)c(F)cc(F)c1F. The standard InChI is InChI=1S/C11H7F4N3/c12-5-4-6(13)9(15)10(8(5)14)18-7-2-1-3-17-11(7)16/h1-4,18H,(H2,16,17). The predicted octanol–water partition coefficient (Wildman–Crippen LogP) is 2.96. The highest BCUT2D eigenvalue weighted by molar-refractivity contribution is 5.70. The summed E-state index contributed by atoms with van der Waals surface area (Å²) < 4.78 is 52.6. The zero-order valence-electron chi connectivity index (χ0n) is 8.85. The Morgan fingerprint density at radius 1 is 1.06 bits per heavy atom. The van der Waals surface area contributed by atoms with E-state index in [-0.39, 0.29) is 17.6 Å². The van der Waals surface area contributed by atoms with Crippen molar-refractivity contribution in [3.63, 3.8) is 0 Å². The second-order valence-corrected chi connectivity index (χ2v) is 3.40. The number of benzene rings is 1. The molecule has 1 aromatic carbocycles. The smallest absolute Gasteiger partial charge is 0.185 e. The van der Waals surface area contributed by atoms with Crippen molar-refractivity contribution in [1.82, 2.24) is 4.98 Å². The minimum atomic E-state index is -1.53. The molecule has 94 valence electrons. The molecule has 0 bridgehead atoms. The van der Waals surface area contributed by atoms with Gasteiger partial charge in [-0.25, -0.2) is 22.5 Å². The molecule has 0 aliphatic rings. The molecule has 1 aromatic heterocycles. The van der Waals surface area contributed by atoms with Crippen molar-refractivity contribution in [2.75, 3.05) is 11.1 Å². The normalized spacial score (nSPS) is 10.4. The molecule has 2 rings (SSSR count). The molecule has 0 amide bonds. The van der Waals surface area contributed by atoms with Gasteiger partial charge in [0.25, 0.3) is 0 Å². The number of hydrogen-bond acceptors (Lipinski definition) is 3. The van der Waals surface area contributed by atoms with Crippen LogP contribution in [0.25, 0.3) is 0 Å². The van der Waals surface area contributed by atoms with Crippen molar-refractivity contribution < 1.29 is 17.6 Å². The Morgan fingerprint density at radius 2 is 1.67 bits per heavy atom. The van der Waals surface area contributed by atoms with Crippen molar-refractivity contribution >= 4 is 17.2 Å². The maximum absolute atomic E-state index is 13.4. The fourth-order valence-electron chi connectivity index (χ4n) is 1.34. The molecule has 2 aromatic rings. The fourth-order valence-corrected chi connectivity index (χ4v) is 1.34. The minimum absolute atomic E-state index is 0.0419. The molecule has 18 heavy (non-hydrogen) atoms. The number of nitrogens with zero attached hydrogens (tertiary/aromatic N) is 1. The molecule has 3 nitrogen and oxygen atoms in total. The Hall–Kier alpha value is -2.31. The molecule has 0 unspecified atom stereocenters. The molecule has 0 aliphatic heterocycles. The molecule has 0 fully saturated rings. The third-order valence-electron chi connectivity index (χ3n) is 2.21. The molecule has 0 atom stereocenters. The van der Waals surface area contributed by atoms with Crippen molar-refractivity contribution in [2.24, 2.45) is 0 Å². The minimum Gasteiger partial charge on any atom is -0.382 e. The Labute approximate surface area is 99.3 Å². The Kier molecular flexibility index (Phi) is 3.05. The highest BCUT2D eigenvalue weighted by Gasteiger charge is 2.19. The topological polar surface area (TPSA) is 50.9 Å². The number of nitrogen functional groups attached to an aromatic ring is 1. The van der Waals surface area contributed by atoms with E-state index in [1.165, 1.54) is 18.3 Å². The van der Waals surface area contributed by atoms with Crippen LogP contribution in [-0.4, -0.2) is 4.98 Å². The van der Waals surface area contributed by atoms with Gasteiger partial charge in [-0.2, -0.15) is 0 Å². The zero-order valence-corrected chi connectivity index (χ0v) is 8.85. The summed E-state index contributed by atoms with van der Waals surface area (Å²) in [6.07, 6.45) is 1.36. The summed E-state index contributed by atoms with van der Waals surface area (Å²) in [5.41, 5.74) is 4.53. The van der Waals surface area contributed by atoms with Crippen LogP contribution in [-0.2, 0) is 0 Å². The summed E-state index contributed by atoms with van der Waals surface area (Å²) in [5.74, 6) is -6.12. The summed E-state index contributed by atoms with van der Waals surface area (Å²) in [5, 5.41) is 2.17. The average Bonchev–Trinajstić information content (AvgIpc) is 2.34. The number of rotatable bonds is 2. The Bertz CT molecular complexity index is 575. The first kappa shape index (κ1) is 12.2. The first-order valence-electron chi connectivity index (χ1n) is 4.81. The van der Waals surface area contributed by atoms with Gasteiger partial charge in [-0.05, 0) is 12.1 Å². The highest BCUT2D eigenvalue weighted by Crippen LogP contribution is 2.28. The van der Waals surface area contributed by atoms with Crippen molar-refractivity contribution in [3.05, 3.63) is 47.7 Å². The quantitative estimate of drug-likeness (QED) is 0.642. The van der Waals surface area contributed by atoms with E-state index in [0.29, 0.717) is 0 Å². The molecular weight excluding hydrogens is 250 g/mol. The van der Waals surface area contributed by atoms with Crippen molar-refractivity contribution in [2.45, 2.75) is 0 Å². The molecule has 0 saturated carbocycles. The van der Waals surface area contributed by atoms with Crippen LogP contribution in [0.2, 0.25) is 0 Å². The monoisotopic (exact) mass is 257 g/mol. The van der Waals surface area contributed by atoms with Gasteiger partial charge < -0.3 is 11.1 Å². The van der Waals surface area contributed by atoms with Gasteiger partial charge >= 0.3 is 0 Å². The maximum Gasteiger partial charge on any atom is 0.185 e. The number of halogens is 4. The van der Waals surface area contributed by atoms with Crippen LogP contribution in [0.5, 0.6) is 0 Å². The van der Waals surface area contributed by atoms with E-state index in [1.54, 1.807) is 0 Å². The van der Waals surface area contributed by atoms with Gasteiger partial charge in [0.05, 0.1) is 5.69 Å². The van der Waals surface area contributed by atoms with E-state index in [1.807, 2.05) is 0 Å². The summed E-state index contributed by atoms with van der Waals surface area (Å²) in [4.78, 5) is 3.66. The first-order chi connectivity index (χ1) is 8.50. The van der Waals surface area contributed by atoms with E-state index >= 15 is 0 Å². The molecule has 0 radical (unpaired) electrons. The number of anilines is 3. The van der Waals surface area contributed by atoms with Crippen LogP contribution in [0.1, 0.15) is 0 Å². The molecule has 0 spiro atoms. The second-order valence-electron chi connectivity index (χ2n) is 3.40. The molecule has 7 heteroatoms. The lowest BCUT2D eigenvalue weighted by Gasteiger charge is -2.11. The van der Waals surface area contributed by atoms with E-state index in [0.717, 1.165) is 0 Å². The maximum atomic E-state index is 13.4. The van der Waals surface area contributed by atoms with Crippen molar-refractivity contribution in [1.29, 1.82) is 0 Å². The molecule has 0 saturated heterocycles. The van der Waals surface area contributed by atoms with Gasteiger partial charge in [0.2, 0.25) is 0 Å². The second kappa shape index (κ2) is 4.52. The van der Waals surface area contributed by atoms with Gasteiger partial charge in [-0.1, -0.05) is 0 Å². The van der Waals surface area contributed by atoms with Crippen LogP contribution >= 0.6 is 0 Å². The third kappa shape index (κ3) is 2.06. The fraction of sp³-hybridized carbons (Fsp3) is 0. The Morgan fingerprint density at radius 3 is 2.22 bits per heavy atom. The van der Waals surface area contributed by atoms with Crippen molar-refractivity contribution in [3.8, 4) is 0 Å². The predicted molar refractivity (Wildman–Crippen MR) is 58.2 cm³/mol. The van der Waals surface area contributed by atoms with Gasteiger partial charge in [0.1, 0.15) is 11.5 Å². The van der Waals surface area contributed by atoms with Crippen LogP contribution < -0.4 is 11.1 Å². The number of nitrogens with two attached hydrogens (primary N) is 1. The summed E-state index contributed by atoms with van der Waals surface area (Å²) >= 11 is 0. The largest absolute Gasteiger partial charge is 0.382 e. The number of nitrogens with one attached hydrogen (secondary N) is 1.